The molecule has 1 fully saturated rings. The number of nitrogens with zero attached hydrogens (tertiary/aromatic N) is 2. The van der Waals surface area contributed by atoms with Gasteiger partial charge in [-0.3, -0.25) is 9.69 Å². The Balaban J connectivity index is 0.00000312. The molecule has 5 nitrogen and oxygen atoms in total. The van der Waals surface area contributed by atoms with E-state index in [4.69, 9.17) is 10.5 Å². The van der Waals surface area contributed by atoms with E-state index in [1.165, 1.54) is 13.2 Å². The van der Waals surface area contributed by atoms with Crippen molar-refractivity contribution in [3.8, 4) is 5.75 Å². The van der Waals surface area contributed by atoms with E-state index in [0.717, 1.165) is 25.1 Å². The van der Waals surface area contributed by atoms with Gasteiger partial charge in [-0.2, -0.15) is 0 Å². The number of nitrogens with two attached hydrogens (primary N) is 1. The smallest absolute Gasteiger partial charge is 0.239 e. The van der Waals surface area contributed by atoms with E-state index in [9.17, 15) is 9.18 Å². The number of ether oxygens (including phenoxy) is 1. The van der Waals surface area contributed by atoms with E-state index >= 15 is 0 Å². The second-order valence-corrected chi connectivity index (χ2v) is 7.07. The molecule has 0 aliphatic carbocycles. The summed E-state index contributed by atoms with van der Waals surface area (Å²) in [5, 5.41) is 0. The Morgan fingerprint density at radius 1 is 1.52 bits per heavy atom. The minimum Gasteiger partial charge on any atom is -0.494 e. The minimum absolute atomic E-state index is 0. The quantitative estimate of drug-likeness (QED) is 0.831. The standard InChI is InChI=1S/C18H28FN3O2.ClH/c1-13(22-8-7-18(2,11-20)12-22)17(23)21(3)10-14-5-6-16(24-4)15(19)9-14;/h5-6,9,13H,7-8,10-12,20H2,1-4H3;1H. The molecule has 1 aliphatic rings. The van der Waals surface area contributed by atoms with Crippen LogP contribution in [-0.4, -0.2) is 55.5 Å². The Morgan fingerprint density at radius 2 is 2.20 bits per heavy atom. The number of benzene rings is 1. The number of halogens is 2. The minimum atomic E-state index is -0.415. The summed E-state index contributed by atoms with van der Waals surface area (Å²) in [6.07, 6.45) is 1.01. The molecule has 1 aliphatic heterocycles. The Morgan fingerprint density at radius 3 is 2.72 bits per heavy atom. The lowest BCUT2D eigenvalue weighted by molar-refractivity contribution is -0.135. The van der Waals surface area contributed by atoms with Crippen molar-refractivity contribution >= 4 is 18.3 Å². The van der Waals surface area contributed by atoms with E-state index in [2.05, 4.69) is 11.8 Å². The van der Waals surface area contributed by atoms with Gasteiger partial charge in [0.1, 0.15) is 0 Å². The molecular formula is C18H29ClFN3O2. The second-order valence-electron chi connectivity index (χ2n) is 7.07. The van der Waals surface area contributed by atoms with Crippen molar-refractivity contribution in [3.05, 3.63) is 29.6 Å². The maximum Gasteiger partial charge on any atom is 0.239 e. The third kappa shape index (κ3) is 5.06. The molecule has 1 aromatic carbocycles. The largest absolute Gasteiger partial charge is 0.494 e. The van der Waals surface area contributed by atoms with Crippen molar-refractivity contribution in [2.75, 3.05) is 33.8 Å². The summed E-state index contributed by atoms with van der Waals surface area (Å²) in [5.74, 6) is -0.172. The number of carbonyl (C=O) groups excluding carboxylic acids is 1. The van der Waals surface area contributed by atoms with Crippen molar-refractivity contribution in [1.82, 2.24) is 9.80 Å². The first-order valence-electron chi connectivity index (χ1n) is 8.31. The van der Waals surface area contributed by atoms with E-state index in [0.29, 0.717) is 13.1 Å². The van der Waals surface area contributed by atoms with Gasteiger partial charge in [0.05, 0.1) is 13.2 Å². The van der Waals surface area contributed by atoms with Gasteiger partial charge < -0.3 is 15.4 Å². The molecule has 1 heterocycles. The molecule has 0 radical (unpaired) electrons. The van der Waals surface area contributed by atoms with Gasteiger partial charge in [0.15, 0.2) is 11.6 Å². The molecule has 2 unspecified atom stereocenters. The summed E-state index contributed by atoms with van der Waals surface area (Å²) in [4.78, 5) is 16.5. The fourth-order valence-electron chi connectivity index (χ4n) is 3.19. The van der Waals surface area contributed by atoms with Gasteiger partial charge >= 0.3 is 0 Å². The highest BCUT2D eigenvalue weighted by molar-refractivity contribution is 5.85. The zero-order chi connectivity index (χ0) is 17.9. The molecule has 0 saturated carbocycles. The lowest BCUT2D eigenvalue weighted by Gasteiger charge is -2.29. The molecule has 2 rings (SSSR count). The Hall–Kier alpha value is -1.37. The van der Waals surface area contributed by atoms with Crippen molar-refractivity contribution in [3.63, 3.8) is 0 Å². The van der Waals surface area contributed by atoms with Gasteiger partial charge in [0.25, 0.3) is 0 Å². The SMILES string of the molecule is COc1ccc(CN(C)C(=O)C(C)N2CCC(C)(CN)C2)cc1F.Cl. The van der Waals surface area contributed by atoms with Gasteiger partial charge in [-0.15, -0.1) is 12.4 Å². The number of methoxy groups -OCH3 is 1. The van der Waals surface area contributed by atoms with Crippen LogP contribution < -0.4 is 10.5 Å². The average Bonchev–Trinajstić information content (AvgIpc) is 2.96. The first kappa shape index (κ1) is 21.7. The summed E-state index contributed by atoms with van der Waals surface area (Å²) < 4.78 is 18.7. The summed E-state index contributed by atoms with van der Waals surface area (Å²) in [6.45, 7) is 6.80. The number of hydrogen-bond donors (Lipinski definition) is 1. The zero-order valence-corrected chi connectivity index (χ0v) is 16.2. The molecule has 2 atom stereocenters. The predicted molar refractivity (Wildman–Crippen MR) is 99.5 cm³/mol. The van der Waals surface area contributed by atoms with Gasteiger partial charge in [-0.1, -0.05) is 13.0 Å². The summed E-state index contributed by atoms with van der Waals surface area (Å²) in [6, 6.07) is 4.57. The molecular weight excluding hydrogens is 345 g/mol. The predicted octanol–water partition coefficient (Wildman–Crippen LogP) is 2.27. The van der Waals surface area contributed by atoms with Crippen LogP contribution in [0.3, 0.4) is 0 Å². The molecule has 2 N–H and O–H groups in total. The molecule has 1 saturated heterocycles. The fraction of sp³-hybridized carbons (Fsp3) is 0.611. The normalized spacial score (nSPS) is 21.5. The van der Waals surface area contributed by atoms with Crippen molar-refractivity contribution < 1.29 is 13.9 Å². The number of rotatable bonds is 6. The van der Waals surface area contributed by atoms with Crippen LogP contribution in [0.25, 0.3) is 0 Å². The highest BCUT2D eigenvalue weighted by Gasteiger charge is 2.37. The number of likely N-dealkylation sites (N-methyl/N-ethyl adjacent to an activating group) is 1. The lowest BCUT2D eigenvalue weighted by Crippen LogP contribution is -2.45. The monoisotopic (exact) mass is 373 g/mol. The van der Waals surface area contributed by atoms with Crippen molar-refractivity contribution in [2.45, 2.75) is 32.9 Å². The molecule has 7 heteroatoms. The maximum atomic E-state index is 13.8. The third-order valence-corrected chi connectivity index (χ3v) is 5.00. The third-order valence-electron chi connectivity index (χ3n) is 5.00. The first-order chi connectivity index (χ1) is 11.3. The van der Waals surface area contributed by atoms with E-state index in [-0.39, 0.29) is 35.5 Å². The van der Waals surface area contributed by atoms with Crippen LogP contribution in [-0.2, 0) is 11.3 Å². The van der Waals surface area contributed by atoms with E-state index in [1.54, 1.807) is 24.1 Å². The van der Waals surface area contributed by atoms with Crippen LogP contribution in [0.4, 0.5) is 4.39 Å². The van der Waals surface area contributed by atoms with Crippen LogP contribution >= 0.6 is 12.4 Å². The summed E-state index contributed by atoms with van der Waals surface area (Å²) >= 11 is 0. The summed E-state index contributed by atoms with van der Waals surface area (Å²) in [7, 11) is 3.18. The molecule has 142 valence electrons. The van der Waals surface area contributed by atoms with Crippen LogP contribution in [0, 0.1) is 11.2 Å². The number of carbonyl (C=O) groups is 1. The Kier molecular flexibility index (Phi) is 7.65. The Bertz CT molecular complexity index is 602. The van der Waals surface area contributed by atoms with Gasteiger partial charge in [-0.25, -0.2) is 4.39 Å². The fourth-order valence-corrected chi connectivity index (χ4v) is 3.19. The lowest BCUT2D eigenvalue weighted by atomic mass is 9.90. The van der Waals surface area contributed by atoms with Gasteiger partial charge in [0, 0.05) is 20.1 Å². The topological polar surface area (TPSA) is 58.8 Å². The first-order valence-corrected chi connectivity index (χ1v) is 8.31. The van der Waals surface area contributed by atoms with Crippen molar-refractivity contribution in [2.24, 2.45) is 11.1 Å². The number of hydrogen-bond acceptors (Lipinski definition) is 4. The highest BCUT2D eigenvalue weighted by Crippen LogP contribution is 2.30. The van der Waals surface area contributed by atoms with E-state index in [1.807, 2.05) is 6.92 Å². The Labute approximate surface area is 155 Å². The molecule has 25 heavy (non-hydrogen) atoms. The van der Waals surface area contributed by atoms with Crippen LogP contribution in [0.2, 0.25) is 0 Å². The molecule has 0 aromatic heterocycles. The average molecular weight is 374 g/mol. The van der Waals surface area contributed by atoms with Crippen LogP contribution in [0.1, 0.15) is 25.8 Å². The number of likely N-dealkylation sites (tertiary alicyclic amines) is 1. The van der Waals surface area contributed by atoms with E-state index < -0.39 is 5.82 Å². The van der Waals surface area contributed by atoms with Gasteiger partial charge in [0.2, 0.25) is 5.91 Å². The highest BCUT2D eigenvalue weighted by atomic mass is 35.5. The molecule has 1 amide bonds. The summed E-state index contributed by atoms with van der Waals surface area (Å²) in [5.41, 5.74) is 6.67. The van der Waals surface area contributed by atoms with Crippen LogP contribution in [0.15, 0.2) is 18.2 Å². The van der Waals surface area contributed by atoms with Gasteiger partial charge in [-0.05, 0) is 49.5 Å². The molecule has 1 aromatic rings. The second kappa shape index (κ2) is 8.83. The van der Waals surface area contributed by atoms with Crippen LogP contribution in [0.5, 0.6) is 5.75 Å². The zero-order valence-electron chi connectivity index (χ0n) is 15.4. The van der Waals surface area contributed by atoms with Crippen molar-refractivity contribution in [1.29, 1.82) is 0 Å². The maximum absolute atomic E-state index is 13.8. The number of amides is 1. The molecule has 0 bridgehead atoms. The molecule has 0 spiro atoms.